The molecule has 4 rings (SSSR count). The standard InChI is InChI=1S/C12H15N3.2C2H6/c1-2-6-10(7-3-1)13-14-11-8-4-5-9-12(11)15(13)14;2*1-2/h1-3,6-7,11-12H,4-5,8-9H2;2*1-2H3. The zero-order valence-corrected chi connectivity index (χ0v) is 12.7. The molecule has 0 amide bonds. The molecule has 3 nitrogen and oxygen atoms in total. The molecule has 1 aliphatic carbocycles. The van der Waals surface area contributed by atoms with E-state index >= 15 is 0 Å². The molecule has 0 radical (unpaired) electrons. The lowest BCUT2D eigenvalue weighted by Crippen LogP contribution is -2.30. The first-order chi connectivity index (χ1) is 9.47. The lowest BCUT2D eigenvalue weighted by Gasteiger charge is -2.32. The molecule has 0 spiro atoms. The van der Waals surface area contributed by atoms with E-state index in [2.05, 4.69) is 44.7 Å². The van der Waals surface area contributed by atoms with E-state index in [0.717, 1.165) is 12.1 Å². The van der Waals surface area contributed by atoms with E-state index in [0.29, 0.717) is 0 Å². The highest BCUT2D eigenvalue weighted by molar-refractivity contribution is 5.30. The fourth-order valence-corrected chi connectivity index (χ4v) is 3.09. The SMILES string of the molecule is CC.CC.c1ccc(-n2n3n2C2CCCCC23)cc1. The van der Waals surface area contributed by atoms with Crippen LogP contribution in [-0.2, 0) is 0 Å². The van der Waals surface area contributed by atoms with Crippen molar-refractivity contribution in [2.24, 2.45) is 0 Å². The lowest BCUT2D eigenvalue weighted by atomic mass is 9.89. The third-order valence-corrected chi connectivity index (χ3v) is 3.84. The second-order valence-electron chi connectivity index (χ2n) is 4.68. The average Bonchev–Trinajstić information content (AvgIpc) is 3.19. The summed E-state index contributed by atoms with van der Waals surface area (Å²) in [6.45, 7) is 8.00. The van der Waals surface area contributed by atoms with Crippen molar-refractivity contribution in [3.05, 3.63) is 30.3 Å². The highest BCUT2D eigenvalue weighted by Gasteiger charge is 2.48. The Morgan fingerprint density at radius 1 is 0.789 bits per heavy atom. The molecule has 1 saturated carbocycles. The highest BCUT2D eigenvalue weighted by atomic mass is 16.0. The number of hydrogen-bond donors (Lipinski definition) is 0. The minimum atomic E-state index is 0.805. The summed E-state index contributed by atoms with van der Waals surface area (Å²) in [5, 5.41) is 0. The van der Waals surface area contributed by atoms with Gasteiger partial charge in [0, 0.05) is 0 Å². The molecule has 1 aromatic carbocycles. The number of nitrogens with zero attached hydrogens (tertiary/aromatic N) is 3. The molecule has 3 heteroatoms. The van der Waals surface area contributed by atoms with Gasteiger partial charge in [0.05, 0.1) is 17.8 Å². The average molecular weight is 261 g/mol. The zero-order valence-electron chi connectivity index (χ0n) is 12.7. The van der Waals surface area contributed by atoms with Gasteiger partial charge in [-0.25, -0.2) is 0 Å². The van der Waals surface area contributed by atoms with Crippen LogP contribution in [0.2, 0.25) is 0 Å². The topological polar surface area (TPSA) is 14.8 Å². The molecule has 2 atom stereocenters. The molecule has 2 aromatic rings. The Bertz CT molecular complexity index is 450. The maximum absolute atomic E-state index is 2.42. The number of rotatable bonds is 1. The van der Waals surface area contributed by atoms with Gasteiger partial charge in [0.25, 0.3) is 0 Å². The summed E-state index contributed by atoms with van der Waals surface area (Å²) < 4.78 is 0. The Labute approximate surface area is 116 Å². The monoisotopic (exact) mass is 261 g/mol. The summed E-state index contributed by atoms with van der Waals surface area (Å²) in [6, 6.07) is 12.3. The van der Waals surface area contributed by atoms with E-state index in [1.54, 1.807) is 0 Å². The highest BCUT2D eigenvalue weighted by Crippen LogP contribution is 2.49. The number of hydrogen-bond acceptors (Lipinski definition) is 0. The van der Waals surface area contributed by atoms with Crippen LogP contribution in [0.4, 0.5) is 0 Å². The predicted molar refractivity (Wildman–Crippen MR) is 81.0 cm³/mol. The van der Waals surface area contributed by atoms with Gasteiger partial charge in [0.1, 0.15) is 0 Å². The lowest BCUT2D eigenvalue weighted by molar-refractivity contribution is 0.153. The molecule has 19 heavy (non-hydrogen) atoms. The number of benzene rings is 1. The largest absolute Gasteiger partial charge is 0.183 e. The molecule has 106 valence electrons. The van der Waals surface area contributed by atoms with Gasteiger partial charge in [-0.05, 0) is 25.0 Å². The van der Waals surface area contributed by atoms with Crippen LogP contribution >= 0.6 is 0 Å². The summed E-state index contributed by atoms with van der Waals surface area (Å²) in [7, 11) is 0. The summed E-state index contributed by atoms with van der Waals surface area (Å²) >= 11 is 0. The van der Waals surface area contributed by atoms with Crippen molar-refractivity contribution in [2.45, 2.75) is 65.5 Å². The first-order valence-corrected chi connectivity index (χ1v) is 7.90. The molecule has 2 heterocycles. The Morgan fingerprint density at radius 3 is 1.74 bits per heavy atom. The molecule has 2 unspecified atom stereocenters. The second-order valence-corrected chi connectivity index (χ2v) is 4.68. The minimum absolute atomic E-state index is 0.805. The van der Waals surface area contributed by atoms with E-state index in [4.69, 9.17) is 0 Å². The van der Waals surface area contributed by atoms with Crippen LogP contribution < -0.4 is 0 Å². The molecule has 1 aromatic heterocycles. The van der Waals surface area contributed by atoms with E-state index in [-0.39, 0.29) is 0 Å². The van der Waals surface area contributed by atoms with Crippen molar-refractivity contribution >= 4 is 0 Å². The molecular weight excluding hydrogens is 234 g/mol. The van der Waals surface area contributed by atoms with Gasteiger partial charge in [-0.3, -0.25) is 0 Å². The van der Waals surface area contributed by atoms with Gasteiger partial charge in [-0.15, -0.1) is 0 Å². The third kappa shape index (κ3) is 2.26. The van der Waals surface area contributed by atoms with Crippen LogP contribution in [0, 0.1) is 0 Å². The van der Waals surface area contributed by atoms with Crippen LogP contribution in [-0.4, -0.2) is 14.4 Å². The zero-order chi connectivity index (χ0) is 13.8. The van der Waals surface area contributed by atoms with Crippen LogP contribution in [0.15, 0.2) is 30.3 Å². The van der Waals surface area contributed by atoms with Crippen molar-refractivity contribution in [2.75, 3.05) is 0 Å². The number of aromatic nitrogens is 3. The Morgan fingerprint density at radius 2 is 1.26 bits per heavy atom. The summed E-state index contributed by atoms with van der Waals surface area (Å²) in [4.78, 5) is 7.17. The number of para-hydroxylation sites is 1. The van der Waals surface area contributed by atoms with E-state index in [9.17, 15) is 0 Å². The molecule has 0 saturated heterocycles. The van der Waals surface area contributed by atoms with Gasteiger partial charge in [0.15, 0.2) is 0 Å². The third-order valence-electron chi connectivity index (χ3n) is 3.84. The van der Waals surface area contributed by atoms with E-state index in [1.807, 2.05) is 27.7 Å². The van der Waals surface area contributed by atoms with Crippen molar-refractivity contribution in [3.63, 3.8) is 0 Å². The predicted octanol–water partition coefficient (Wildman–Crippen LogP) is 4.80. The Hall–Kier alpha value is -1.38. The van der Waals surface area contributed by atoms with Crippen molar-refractivity contribution in [1.29, 1.82) is 0 Å². The maximum atomic E-state index is 2.42. The number of fused-ring (bicyclic) bond motifs is 4. The van der Waals surface area contributed by atoms with Gasteiger partial charge in [0.2, 0.25) is 0 Å². The quantitative estimate of drug-likeness (QED) is 0.700. The molecule has 0 N–H and O–H groups in total. The van der Waals surface area contributed by atoms with Gasteiger partial charge in [-0.1, -0.05) is 58.7 Å². The fourth-order valence-electron chi connectivity index (χ4n) is 3.09. The summed E-state index contributed by atoms with van der Waals surface area (Å²) in [6.07, 6.45) is 5.58. The van der Waals surface area contributed by atoms with Crippen LogP contribution in [0.3, 0.4) is 0 Å². The van der Waals surface area contributed by atoms with Crippen molar-refractivity contribution in [1.82, 2.24) is 14.4 Å². The summed E-state index contributed by atoms with van der Waals surface area (Å²) in [5.74, 6) is 0. The molecule has 0 bridgehead atoms. The van der Waals surface area contributed by atoms with E-state index in [1.165, 1.54) is 31.4 Å². The van der Waals surface area contributed by atoms with Crippen molar-refractivity contribution in [3.8, 4) is 5.69 Å². The molecular formula is C16H27N3. The van der Waals surface area contributed by atoms with Crippen LogP contribution in [0.25, 0.3) is 5.69 Å². The molecule has 1 aliphatic heterocycles. The van der Waals surface area contributed by atoms with Gasteiger partial charge >= 0.3 is 0 Å². The Balaban J connectivity index is 0.000000308. The first-order valence-electron chi connectivity index (χ1n) is 7.90. The van der Waals surface area contributed by atoms with E-state index < -0.39 is 0 Å². The fraction of sp³-hybridized carbons (Fsp3) is 0.625. The first kappa shape index (κ1) is 14.0. The van der Waals surface area contributed by atoms with Gasteiger partial charge in [-0.2, -0.15) is 14.4 Å². The Kier molecular flexibility index (Phi) is 4.56. The normalized spacial score (nSPS) is 22.9. The maximum Gasteiger partial charge on any atom is 0.0953 e. The molecule has 2 aliphatic rings. The van der Waals surface area contributed by atoms with Crippen molar-refractivity contribution < 1.29 is 0 Å². The second kappa shape index (κ2) is 6.18. The van der Waals surface area contributed by atoms with Gasteiger partial charge < -0.3 is 0 Å². The molecule has 1 fully saturated rings. The minimum Gasteiger partial charge on any atom is -0.183 e. The smallest absolute Gasteiger partial charge is 0.0953 e. The summed E-state index contributed by atoms with van der Waals surface area (Å²) in [5.41, 5.74) is 1.31. The van der Waals surface area contributed by atoms with Crippen LogP contribution in [0.1, 0.15) is 65.5 Å². The van der Waals surface area contributed by atoms with Crippen LogP contribution in [0.5, 0.6) is 0 Å².